The number of nitrogens with one attached hydrogen (secondary N) is 1. The van der Waals surface area contributed by atoms with E-state index in [0.717, 1.165) is 5.69 Å². The van der Waals surface area contributed by atoms with Crippen LogP contribution in [0.5, 0.6) is 0 Å². The van der Waals surface area contributed by atoms with Crippen molar-refractivity contribution >= 4 is 0 Å². The van der Waals surface area contributed by atoms with Gasteiger partial charge in [0, 0.05) is 18.3 Å². The Labute approximate surface area is 125 Å². The molecule has 0 spiro atoms. The lowest BCUT2D eigenvalue weighted by molar-refractivity contribution is 0.485. The first-order valence-electron chi connectivity index (χ1n) is 7.31. The van der Waals surface area contributed by atoms with Crippen LogP contribution in [-0.2, 0) is 6.54 Å². The molecule has 1 unspecified atom stereocenters. The van der Waals surface area contributed by atoms with Gasteiger partial charge in [0.1, 0.15) is 0 Å². The molecule has 4 nitrogen and oxygen atoms in total. The number of likely N-dealkylation sites (N-methyl/N-ethyl adjacent to an activating group) is 1. The van der Waals surface area contributed by atoms with E-state index in [4.69, 9.17) is 0 Å². The number of rotatable bonds is 5. The zero-order valence-corrected chi connectivity index (χ0v) is 13.1. The van der Waals surface area contributed by atoms with E-state index in [2.05, 4.69) is 48.4 Å². The van der Waals surface area contributed by atoms with Gasteiger partial charge in [-0.2, -0.15) is 0 Å². The van der Waals surface area contributed by atoms with Crippen LogP contribution in [0.2, 0.25) is 0 Å². The maximum Gasteiger partial charge on any atom is 0.253 e. The summed E-state index contributed by atoms with van der Waals surface area (Å²) in [5.74, 6) is 0.524. The summed E-state index contributed by atoms with van der Waals surface area (Å²) < 4.78 is 1.64. The summed E-state index contributed by atoms with van der Waals surface area (Å²) in [4.78, 5) is 16.2. The minimum absolute atomic E-state index is 0.0125. The molecule has 21 heavy (non-hydrogen) atoms. The fraction of sp³-hybridized carbons (Fsp3) is 0.412. The molecule has 4 heteroatoms. The van der Waals surface area contributed by atoms with Gasteiger partial charge < -0.3 is 5.32 Å². The molecule has 0 fully saturated rings. The van der Waals surface area contributed by atoms with Crippen LogP contribution in [0.3, 0.4) is 0 Å². The quantitative estimate of drug-likeness (QED) is 0.918. The van der Waals surface area contributed by atoms with Gasteiger partial charge in [0.05, 0.1) is 12.4 Å². The van der Waals surface area contributed by atoms with Gasteiger partial charge in [-0.05, 0) is 31.0 Å². The first kappa shape index (κ1) is 15.4. The summed E-state index contributed by atoms with van der Waals surface area (Å²) in [6.45, 7) is 6.76. The average molecular weight is 285 g/mol. The third kappa shape index (κ3) is 3.79. The van der Waals surface area contributed by atoms with Gasteiger partial charge in [0.2, 0.25) is 0 Å². The van der Waals surface area contributed by atoms with Crippen molar-refractivity contribution in [1.82, 2.24) is 14.9 Å². The molecule has 0 saturated carbocycles. The Hall–Kier alpha value is -1.94. The number of nitrogens with zero attached hydrogens (tertiary/aromatic N) is 2. The van der Waals surface area contributed by atoms with Crippen molar-refractivity contribution in [3.63, 3.8) is 0 Å². The van der Waals surface area contributed by atoms with E-state index in [9.17, 15) is 4.79 Å². The molecular formula is C17H23N3O. The van der Waals surface area contributed by atoms with Crippen molar-refractivity contribution in [3.05, 3.63) is 63.8 Å². The number of hydrogen-bond donors (Lipinski definition) is 1. The van der Waals surface area contributed by atoms with Crippen LogP contribution in [0.15, 0.2) is 41.5 Å². The largest absolute Gasteiger partial charge is 0.312 e. The van der Waals surface area contributed by atoms with Crippen molar-refractivity contribution in [3.8, 4) is 0 Å². The lowest BCUT2D eigenvalue weighted by Gasteiger charge is -2.18. The predicted octanol–water partition coefficient (Wildman–Crippen LogP) is 2.64. The topological polar surface area (TPSA) is 46.9 Å². The summed E-state index contributed by atoms with van der Waals surface area (Å²) in [6.07, 6.45) is 1.62. The molecule has 1 atom stereocenters. The van der Waals surface area contributed by atoms with Gasteiger partial charge >= 0.3 is 0 Å². The molecule has 0 saturated heterocycles. The first-order chi connectivity index (χ1) is 10.0. The fourth-order valence-electron chi connectivity index (χ4n) is 2.33. The lowest BCUT2D eigenvalue weighted by atomic mass is 9.99. The Morgan fingerprint density at radius 1 is 1.19 bits per heavy atom. The summed E-state index contributed by atoms with van der Waals surface area (Å²) in [5, 5.41) is 3.27. The molecule has 0 radical (unpaired) electrons. The molecule has 2 aromatic rings. The van der Waals surface area contributed by atoms with Gasteiger partial charge in [-0.15, -0.1) is 0 Å². The molecule has 0 amide bonds. The predicted molar refractivity (Wildman–Crippen MR) is 85.6 cm³/mol. The molecule has 0 aliphatic carbocycles. The van der Waals surface area contributed by atoms with Crippen LogP contribution < -0.4 is 10.9 Å². The van der Waals surface area contributed by atoms with Crippen LogP contribution in [0.25, 0.3) is 0 Å². The molecule has 1 aromatic carbocycles. The summed E-state index contributed by atoms with van der Waals surface area (Å²) in [6, 6.07) is 10.2. The Bertz CT molecular complexity index is 644. The van der Waals surface area contributed by atoms with Gasteiger partial charge in [-0.3, -0.25) is 9.36 Å². The van der Waals surface area contributed by atoms with Crippen LogP contribution in [0, 0.1) is 6.92 Å². The average Bonchev–Trinajstić information content (AvgIpc) is 2.47. The van der Waals surface area contributed by atoms with Crippen LogP contribution >= 0.6 is 0 Å². The highest BCUT2D eigenvalue weighted by atomic mass is 16.1. The third-order valence-corrected chi connectivity index (χ3v) is 3.75. The van der Waals surface area contributed by atoms with E-state index in [0.29, 0.717) is 12.5 Å². The molecule has 0 bridgehead atoms. The highest BCUT2D eigenvalue weighted by molar-refractivity contribution is 5.26. The summed E-state index contributed by atoms with van der Waals surface area (Å²) in [5.41, 5.74) is 3.23. The monoisotopic (exact) mass is 285 g/mol. The smallest absolute Gasteiger partial charge is 0.253 e. The van der Waals surface area contributed by atoms with Crippen molar-refractivity contribution in [2.45, 2.75) is 39.3 Å². The maximum atomic E-state index is 12.0. The standard InChI is InChI=1S/C17H23N3O/c1-12(2)14-5-7-15(8-6-14)16(18-4)10-20-11-19-13(3)9-17(20)21/h5-9,11-12,16,18H,10H2,1-4H3. The van der Waals surface area contributed by atoms with Gasteiger partial charge in [-0.1, -0.05) is 38.1 Å². The van der Waals surface area contributed by atoms with Gasteiger partial charge in [0.25, 0.3) is 5.56 Å². The Morgan fingerprint density at radius 2 is 1.81 bits per heavy atom. The van der Waals surface area contributed by atoms with Crippen molar-refractivity contribution in [1.29, 1.82) is 0 Å². The minimum Gasteiger partial charge on any atom is -0.312 e. The summed E-state index contributed by atoms with van der Waals surface area (Å²) >= 11 is 0. The minimum atomic E-state index is -0.0125. The molecule has 0 aliphatic rings. The summed E-state index contributed by atoms with van der Waals surface area (Å²) in [7, 11) is 1.91. The molecule has 112 valence electrons. The zero-order valence-electron chi connectivity index (χ0n) is 13.1. The highest BCUT2D eigenvalue weighted by Crippen LogP contribution is 2.19. The molecule has 0 aliphatic heterocycles. The first-order valence-corrected chi connectivity index (χ1v) is 7.31. The number of aryl methyl sites for hydroxylation is 1. The number of benzene rings is 1. The van der Waals surface area contributed by atoms with Gasteiger partial charge in [-0.25, -0.2) is 4.98 Å². The Morgan fingerprint density at radius 3 is 2.33 bits per heavy atom. The maximum absolute atomic E-state index is 12.0. The van der Waals surface area contributed by atoms with E-state index in [-0.39, 0.29) is 11.6 Å². The molecule has 1 heterocycles. The second kappa shape index (κ2) is 6.68. The Kier molecular flexibility index (Phi) is 4.91. The number of hydrogen-bond acceptors (Lipinski definition) is 3. The van der Waals surface area contributed by atoms with Crippen LogP contribution in [0.1, 0.15) is 42.6 Å². The van der Waals surface area contributed by atoms with Crippen molar-refractivity contribution in [2.24, 2.45) is 0 Å². The van der Waals surface area contributed by atoms with Crippen molar-refractivity contribution < 1.29 is 0 Å². The Balaban J connectivity index is 2.21. The molecule has 1 N–H and O–H groups in total. The lowest BCUT2D eigenvalue weighted by Crippen LogP contribution is -2.28. The highest BCUT2D eigenvalue weighted by Gasteiger charge is 2.11. The second-order valence-corrected chi connectivity index (χ2v) is 5.68. The zero-order chi connectivity index (χ0) is 15.4. The van der Waals surface area contributed by atoms with Crippen LogP contribution in [0.4, 0.5) is 0 Å². The second-order valence-electron chi connectivity index (χ2n) is 5.68. The van der Waals surface area contributed by atoms with E-state index < -0.39 is 0 Å². The van der Waals surface area contributed by atoms with E-state index in [1.807, 2.05) is 14.0 Å². The van der Waals surface area contributed by atoms with Gasteiger partial charge in [0.15, 0.2) is 0 Å². The van der Waals surface area contributed by atoms with E-state index in [1.54, 1.807) is 17.0 Å². The SMILES string of the molecule is CNC(Cn1cnc(C)cc1=O)c1ccc(C(C)C)cc1. The van der Waals surface area contributed by atoms with Crippen molar-refractivity contribution in [2.75, 3.05) is 7.05 Å². The van der Waals surface area contributed by atoms with E-state index >= 15 is 0 Å². The third-order valence-electron chi connectivity index (χ3n) is 3.75. The normalized spacial score (nSPS) is 12.6. The molecule has 2 rings (SSSR count). The number of aromatic nitrogens is 2. The fourth-order valence-corrected chi connectivity index (χ4v) is 2.33. The molecular weight excluding hydrogens is 262 g/mol. The molecule has 1 aromatic heterocycles. The van der Waals surface area contributed by atoms with E-state index in [1.165, 1.54) is 11.1 Å². The van der Waals surface area contributed by atoms with Crippen LogP contribution in [-0.4, -0.2) is 16.6 Å².